The summed E-state index contributed by atoms with van der Waals surface area (Å²) in [5.74, 6) is 0.0960. The summed E-state index contributed by atoms with van der Waals surface area (Å²) in [6.45, 7) is 4.63. The van der Waals surface area contributed by atoms with Gasteiger partial charge in [-0.3, -0.25) is 4.79 Å². The molecule has 1 aliphatic rings. The van der Waals surface area contributed by atoms with E-state index in [1.807, 2.05) is 12.1 Å². The van der Waals surface area contributed by atoms with E-state index in [1.165, 1.54) is 21.6 Å². The number of benzene rings is 2. The molecule has 1 amide bonds. The zero-order valence-electron chi connectivity index (χ0n) is 13.1. The van der Waals surface area contributed by atoms with Crippen molar-refractivity contribution < 1.29 is 9.69 Å². The van der Waals surface area contributed by atoms with Crippen LogP contribution in [0.4, 0.5) is 5.69 Å². The molecule has 1 unspecified atom stereocenters. The van der Waals surface area contributed by atoms with Gasteiger partial charge in [-0.05, 0) is 29.7 Å². The molecule has 3 rings (SSSR count). The van der Waals surface area contributed by atoms with Crippen LogP contribution in [0.25, 0.3) is 0 Å². The third kappa shape index (κ3) is 3.55. The average molecular weight is 295 g/mol. The van der Waals surface area contributed by atoms with Crippen molar-refractivity contribution in [2.75, 3.05) is 18.4 Å². The number of aryl methyl sites for hydroxylation is 1. The highest BCUT2D eigenvalue weighted by Gasteiger charge is 2.21. The quantitative estimate of drug-likeness (QED) is 0.886. The molecule has 2 N–H and O–H groups in total. The fourth-order valence-corrected chi connectivity index (χ4v) is 3.05. The number of carbonyl (C=O) groups is 1. The van der Waals surface area contributed by atoms with Crippen LogP contribution in [0.1, 0.15) is 23.6 Å². The van der Waals surface area contributed by atoms with Crippen molar-refractivity contribution in [1.29, 1.82) is 0 Å². The first-order chi connectivity index (χ1) is 10.7. The molecule has 0 saturated heterocycles. The summed E-state index contributed by atoms with van der Waals surface area (Å²) in [6, 6.07) is 16.7. The second-order valence-electron chi connectivity index (χ2n) is 5.97. The van der Waals surface area contributed by atoms with Gasteiger partial charge in [0.1, 0.15) is 6.54 Å². The number of fused-ring (bicyclic) bond motifs is 1. The van der Waals surface area contributed by atoms with Crippen LogP contribution < -0.4 is 10.2 Å². The second kappa shape index (κ2) is 6.75. The molecule has 0 spiro atoms. The molecule has 0 radical (unpaired) electrons. The third-order valence-electron chi connectivity index (χ3n) is 4.36. The van der Waals surface area contributed by atoms with Crippen molar-refractivity contribution in [3.8, 4) is 0 Å². The van der Waals surface area contributed by atoms with Crippen LogP contribution in [0.15, 0.2) is 48.5 Å². The first-order valence-electron chi connectivity index (χ1n) is 8.03. The summed E-state index contributed by atoms with van der Waals surface area (Å²) >= 11 is 0. The van der Waals surface area contributed by atoms with E-state index in [0.717, 1.165) is 31.6 Å². The highest BCUT2D eigenvalue weighted by Crippen LogP contribution is 2.11. The van der Waals surface area contributed by atoms with Gasteiger partial charge >= 0.3 is 0 Å². The molecule has 1 heterocycles. The highest BCUT2D eigenvalue weighted by atomic mass is 16.2. The Morgan fingerprint density at radius 2 is 1.82 bits per heavy atom. The van der Waals surface area contributed by atoms with Crippen LogP contribution >= 0.6 is 0 Å². The van der Waals surface area contributed by atoms with Crippen LogP contribution in [-0.2, 0) is 24.2 Å². The number of hydrogen-bond acceptors (Lipinski definition) is 1. The molecule has 1 atom stereocenters. The van der Waals surface area contributed by atoms with Crippen LogP contribution in [0.5, 0.6) is 0 Å². The van der Waals surface area contributed by atoms with Crippen LogP contribution in [0, 0.1) is 0 Å². The van der Waals surface area contributed by atoms with Gasteiger partial charge in [0.15, 0.2) is 6.54 Å². The number of quaternary nitrogens is 1. The molecule has 0 bridgehead atoms. The molecular formula is C19H23N2O+. The van der Waals surface area contributed by atoms with Gasteiger partial charge in [-0.25, -0.2) is 0 Å². The second-order valence-corrected chi connectivity index (χ2v) is 5.97. The summed E-state index contributed by atoms with van der Waals surface area (Å²) in [4.78, 5) is 13.5. The van der Waals surface area contributed by atoms with Crippen LogP contribution in [0.3, 0.4) is 0 Å². The summed E-state index contributed by atoms with van der Waals surface area (Å²) < 4.78 is 0. The first kappa shape index (κ1) is 14.8. The molecule has 0 aliphatic carbocycles. The molecule has 114 valence electrons. The van der Waals surface area contributed by atoms with Gasteiger partial charge in [-0.15, -0.1) is 0 Å². The third-order valence-corrected chi connectivity index (χ3v) is 4.36. The predicted molar refractivity (Wildman–Crippen MR) is 89.0 cm³/mol. The lowest BCUT2D eigenvalue weighted by atomic mass is 10.00. The predicted octanol–water partition coefficient (Wildman–Crippen LogP) is 1.83. The minimum Gasteiger partial charge on any atom is -0.323 e. The normalized spacial score (nSPS) is 16.9. The molecule has 2 aromatic rings. The molecule has 22 heavy (non-hydrogen) atoms. The van der Waals surface area contributed by atoms with E-state index in [1.54, 1.807) is 0 Å². The van der Waals surface area contributed by atoms with Crippen molar-refractivity contribution in [2.45, 2.75) is 26.3 Å². The number of hydrogen-bond donors (Lipinski definition) is 2. The first-order valence-corrected chi connectivity index (χ1v) is 8.03. The fourth-order valence-electron chi connectivity index (χ4n) is 3.05. The average Bonchev–Trinajstić information content (AvgIpc) is 2.55. The highest BCUT2D eigenvalue weighted by molar-refractivity contribution is 5.91. The van der Waals surface area contributed by atoms with Gasteiger partial charge in [-0.1, -0.05) is 43.3 Å². The SMILES string of the molecule is CCc1ccc(NC(=O)C[NH+]2CCc3ccccc3C2)cc1. The summed E-state index contributed by atoms with van der Waals surface area (Å²) in [5.41, 5.74) is 4.99. The maximum atomic E-state index is 12.2. The minimum atomic E-state index is 0.0960. The van der Waals surface area contributed by atoms with Gasteiger partial charge in [0.2, 0.25) is 0 Å². The standard InChI is InChI=1S/C19H22N2O/c1-2-15-7-9-18(10-8-15)20-19(22)14-21-12-11-16-5-3-4-6-17(16)13-21/h3-10H,2,11-14H2,1H3,(H,20,22)/p+1. The molecule has 0 aromatic heterocycles. The van der Waals surface area contributed by atoms with Crippen LogP contribution in [-0.4, -0.2) is 19.0 Å². The monoisotopic (exact) mass is 295 g/mol. The molecule has 3 heteroatoms. The Kier molecular flexibility index (Phi) is 4.54. The van der Waals surface area contributed by atoms with Gasteiger partial charge in [0.05, 0.1) is 6.54 Å². The Morgan fingerprint density at radius 1 is 1.09 bits per heavy atom. The zero-order valence-corrected chi connectivity index (χ0v) is 13.1. The van der Waals surface area contributed by atoms with E-state index >= 15 is 0 Å². The van der Waals surface area contributed by atoms with E-state index in [9.17, 15) is 4.79 Å². The van der Waals surface area contributed by atoms with Crippen molar-refractivity contribution in [1.82, 2.24) is 0 Å². The Hall–Kier alpha value is -2.13. The number of amides is 1. The number of carbonyl (C=O) groups excluding carboxylic acids is 1. The lowest BCUT2D eigenvalue weighted by Gasteiger charge is -2.25. The number of nitrogens with one attached hydrogen (secondary N) is 2. The summed E-state index contributed by atoms with van der Waals surface area (Å²) in [6.07, 6.45) is 2.08. The van der Waals surface area contributed by atoms with Gasteiger partial charge in [-0.2, -0.15) is 0 Å². The number of rotatable bonds is 4. The minimum absolute atomic E-state index is 0.0960. The van der Waals surface area contributed by atoms with Crippen molar-refractivity contribution in [3.63, 3.8) is 0 Å². The Morgan fingerprint density at radius 3 is 2.55 bits per heavy atom. The summed E-state index contributed by atoms with van der Waals surface area (Å²) in [5, 5.41) is 3.00. The van der Waals surface area contributed by atoms with E-state index in [-0.39, 0.29) is 5.91 Å². The topological polar surface area (TPSA) is 33.5 Å². The van der Waals surface area contributed by atoms with Crippen molar-refractivity contribution in [2.24, 2.45) is 0 Å². The Labute approximate surface area is 132 Å². The van der Waals surface area contributed by atoms with Gasteiger partial charge in [0, 0.05) is 17.7 Å². The smallest absolute Gasteiger partial charge is 0.279 e. The van der Waals surface area contributed by atoms with E-state index < -0.39 is 0 Å². The Balaban J connectivity index is 1.56. The van der Waals surface area contributed by atoms with Crippen molar-refractivity contribution in [3.05, 3.63) is 65.2 Å². The van der Waals surface area contributed by atoms with E-state index in [0.29, 0.717) is 6.54 Å². The summed E-state index contributed by atoms with van der Waals surface area (Å²) in [7, 11) is 0. The molecule has 3 nitrogen and oxygen atoms in total. The van der Waals surface area contributed by atoms with Gasteiger partial charge < -0.3 is 10.2 Å². The maximum absolute atomic E-state index is 12.2. The maximum Gasteiger partial charge on any atom is 0.279 e. The molecule has 1 aliphatic heterocycles. The zero-order chi connectivity index (χ0) is 15.4. The fraction of sp³-hybridized carbons (Fsp3) is 0.316. The Bertz CT molecular complexity index is 649. The van der Waals surface area contributed by atoms with E-state index in [2.05, 4.69) is 48.6 Å². The largest absolute Gasteiger partial charge is 0.323 e. The molecule has 0 saturated carbocycles. The lowest BCUT2D eigenvalue weighted by Crippen LogP contribution is -3.12. The lowest BCUT2D eigenvalue weighted by molar-refractivity contribution is -0.907. The number of anilines is 1. The van der Waals surface area contributed by atoms with Crippen molar-refractivity contribution >= 4 is 11.6 Å². The van der Waals surface area contributed by atoms with Crippen LogP contribution in [0.2, 0.25) is 0 Å². The molecule has 2 aromatic carbocycles. The van der Waals surface area contributed by atoms with E-state index in [4.69, 9.17) is 0 Å². The molecule has 0 fully saturated rings. The van der Waals surface area contributed by atoms with Gasteiger partial charge in [0.25, 0.3) is 5.91 Å². The molecular weight excluding hydrogens is 272 g/mol.